The molecule has 3 heterocycles. The van der Waals surface area contributed by atoms with E-state index < -0.39 is 118 Å². The van der Waals surface area contributed by atoms with Crippen LogP contribution in [0.5, 0.6) is 0 Å². The molecule has 3 aliphatic rings. The van der Waals surface area contributed by atoms with Crippen molar-refractivity contribution in [3.63, 3.8) is 0 Å². The predicted octanol–water partition coefficient (Wildman–Crippen LogP) is -7.99. The number of aliphatic hydroxyl groups is 10. The largest absolute Gasteiger partial charge is 0.394 e. The Morgan fingerprint density at radius 3 is 1.77 bits per heavy atom. The zero-order valence-electron chi connectivity index (χ0n) is 21.2. The molecule has 15 atom stereocenters. The van der Waals surface area contributed by atoms with Crippen LogP contribution in [0.1, 0.15) is 13.3 Å². The summed E-state index contributed by atoms with van der Waals surface area (Å²) in [6.45, 7) is -0.834. The molecule has 0 spiro atoms. The highest BCUT2D eigenvalue weighted by Gasteiger charge is 2.54. The third-order valence-corrected chi connectivity index (χ3v) is 7.18. The molecule has 0 radical (unpaired) electrons. The fourth-order valence-corrected chi connectivity index (χ4v) is 4.68. The molecule has 15 N–H and O–H groups in total. The minimum Gasteiger partial charge on any atom is -0.394 e. The van der Waals surface area contributed by atoms with Gasteiger partial charge >= 0.3 is 0 Å². The van der Waals surface area contributed by atoms with E-state index in [1.807, 2.05) is 0 Å². The first-order chi connectivity index (χ1) is 18.3. The summed E-state index contributed by atoms with van der Waals surface area (Å²) in [4.78, 5) is 0. The molecule has 3 rings (SSSR count). The molecular weight excluding hydrogens is 534 g/mol. The monoisotopic (exact) mass is 575 g/mol. The molecular formula is C21H41N3O15. The highest BCUT2D eigenvalue weighted by Crippen LogP contribution is 2.32. The summed E-state index contributed by atoms with van der Waals surface area (Å²) in [7, 11) is 0. The Bertz CT molecular complexity index is 766. The lowest BCUT2D eigenvalue weighted by Crippen LogP contribution is -2.71. The Labute approximate surface area is 223 Å². The number of ether oxygens (including phenoxy) is 5. The number of nitrogens with one attached hydrogen (secondary N) is 1. The fraction of sp³-hybridized carbons (Fsp3) is 1.00. The minimum atomic E-state index is -2.59. The van der Waals surface area contributed by atoms with Gasteiger partial charge in [0.25, 0.3) is 0 Å². The molecule has 0 aromatic heterocycles. The second-order valence-electron chi connectivity index (χ2n) is 9.86. The SMILES string of the molecule is CCC(O)(O)N[C@H]1[C@H](OC2[C@@H](CO)O[C@@H](O)[C@H](N)[C@H]2O)O[C@H](CO)C(O[C@@H]2O[C@H](CO)[C@@H](O)[C@H](O)[C@H]2N)[C@@H]1O. The van der Waals surface area contributed by atoms with E-state index in [1.165, 1.54) is 6.92 Å². The van der Waals surface area contributed by atoms with Gasteiger partial charge < -0.3 is 86.2 Å². The summed E-state index contributed by atoms with van der Waals surface area (Å²) in [5, 5.41) is 104. The zero-order valence-corrected chi connectivity index (χ0v) is 21.2. The van der Waals surface area contributed by atoms with E-state index in [0.717, 1.165) is 0 Å². The molecule has 39 heavy (non-hydrogen) atoms. The van der Waals surface area contributed by atoms with Gasteiger partial charge in [0.2, 0.25) is 5.91 Å². The molecule has 0 saturated carbocycles. The molecule has 3 saturated heterocycles. The Morgan fingerprint density at radius 2 is 1.21 bits per heavy atom. The number of nitrogens with two attached hydrogens (primary N) is 2. The Balaban J connectivity index is 1.88. The minimum absolute atomic E-state index is 0.289. The number of hydrogen-bond acceptors (Lipinski definition) is 18. The average Bonchev–Trinajstić information content (AvgIpc) is 2.91. The summed E-state index contributed by atoms with van der Waals surface area (Å²) >= 11 is 0. The molecule has 2 unspecified atom stereocenters. The van der Waals surface area contributed by atoms with Gasteiger partial charge in [-0.15, -0.1) is 0 Å². The Kier molecular flexibility index (Phi) is 11.4. The molecule has 0 aliphatic carbocycles. The highest BCUT2D eigenvalue weighted by molar-refractivity contribution is 5.00. The van der Waals surface area contributed by atoms with Crippen molar-refractivity contribution in [3.8, 4) is 0 Å². The van der Waals surface area contributed by atoms with E-state index in [1.54, 1.807) is 0 Å². The Morgan fingerprint density at radius 1 is 0.692 bits per heavy atom. The quantitative estimate of drug-likeness (QED) is 0.108. The molecule has 0 amide bonds. The van der Waals surface area contributed by atoms with Gasteiger partial charge in [-0.2, -0.15) is 0 Å². The van der Waals surface area contributed by atoms with Crippen LogP contribution in [-0.2, 0) is 23.7 Å². The average molecular weight is 576 g/mol. The molecule has 0 aromatic rings. The smallest absolute Gasteiger partial charge is 0.222 e. The van der Waals surface area contributed by atoms with E-state index >= 15 is 0 Å². The first kappa shape index (κ1) is 32.8. The molecule has 0 aromatic carbocycles. The maximum absolute atomic E-state index is 11.3. The van der Waals surface area contributed by atoms with Crippen LogP contribution >= 0.6 is 0 Å². The van der Waals surface area contributed by atoms with Crippen molar-refractivity contribution in [1.82, 2.24) is 5.32 Å². The third-order valence-electron chi connectivity index (χ3n) is 7.18. The van der Waals surface area contributed by atoms with E-state index in [-0.39, 0.29) is 6.42 Å². The topological polar surface area (TPSA) is 313 Å². The molecule has 18 heteroatoms. The zero-order chi connectivity index (χ0) is 29.2. The van der Waals surface area contributed by atoms with Gasteiger partial charge in [0.05, 0.1) is 37.9 Å². The lowest BCUT2D eigenvalue weighted by atomic mass is 9.93. The summed E-state index contributed by atoms with van der Waals surface area (Å²) < 4.78 is 27.9. The van der Waals surface area contributed by atoms with E-state index in [9.17, 15) is 51.1 Å². The third kappa shape index (κ3) is 7.02. The summed E-state index contributed by atoms with van der Waals surface area (Å²) in [6, 6.07) is -4.29. The number of hydrogen-bond donors (Lipinski definition) is 13. The van der Waals surface area contributed by atoms with Crippen LogP contribution in [0.4, 0.5) is 0 Å². The molecule has 3 aliphatic heterocycles. The molecule has 230 valence electrons. The summed E-state index contributed by atoms with van der Waals surface area (Å²) in [5.74, 6) is -2.59. The predicted molar refractivity (Wildman–Crippen MR) is 124 cm³/mol. The Hall–Kier alpha value is -0.720. The second kappa shape index (κ2) is 13.5. The van der Waals surface area contributed by atoms with E-state index in [4.69, 9.17) is 35.2 Å². The standard InChI is InChI=1S/C21H41N3O15/c1-2-21(33,34)24-11-15(31)17(38-19-10(23)13(29)12(28)6(3-25)36-19)8(5-27)37-20(11)39-16-7(4-26)35-18(32)9(22)14(16)30/h6-20,24-34H,2-5,22-23H2,1H3/t6-,7-,8-,9-,10-,11-,12-,13-,14-,15-,16?,17?,18-,19+,20+/m1/s1. The van der Waals surface area contributed by atoms with E-state index in [2.05, 4.69) is 5.32 Å². The van der Waals surface area contributed by atoms with Crippen molar-refractivity contribution in [2.24, 2.45) is 11.5 Å². The van der Waals surface area contributed by atoms with Gasteiger partial charge in [0.15, 0.2) is 18.9 Å². The van der Waals surface area contributed by atoms with Gasteiger partial charge in [0.1, 0.15) is 54.9 Å². The van der Waals surface area contributed by atoms with Crippen LogP contribution < -0.4 is 16.8 Å². The van der Waals surface area contributed by atoms with Gasteiger partial charge in [-0.3, -0.25) is 5.32 Å². The van der Waals surface area contributed by atoms with Crippen molar-refractivity contribution in [2.75, 3.05) is 19.8 Å². The van der Waals surface area contributed by atoms with Crippen molar-refractivity contribution >= 4 is 0 Å². The van der Waals surface area contributed by atoms with Crippen LogP contribution in [0, 0.1) is 0 Å². The normalized spacial score (nSPS) is 47.8. The van der Waals surface area contributed by atoms with Gasteiger partial charge in [0, 0.05) is 6.42 Å². The first-order valence-electron chi connectivity index (χ1n) is 12.5. The molecule has 3 fully saturated rings. The van der Waals surface area contributed by atoms with Crippen LogP contribution in [0.3, 0.4) is 0 Å². The van der Waals surface area contributed by atoms with E-state index in [0.29, 0.717) is 0 Å². The van der Waals surface area contributed by atoms with Crippen molar-refractivity contribution in [1.29, 1.82) is 0 Å². The number of aliphatic hydroxyl groups excluding tert-OH is 8. The van der Waals surface area contributed by atoms with Crippen molar-refractivity contribution in [2.45, 2.75) is 111 Å². The van der Waals surface area contributed by atoms with Crippen molar-refractivity contribution < 1.29 is 74.7 Å². The number of rotatable bonds is 10. The van der Waals surface area contributed by atoms with Crippen LogP contribution in [-0.4, -0.2) is 169 Å². The summed E-state index contributed by atoms with van der Waals surface area (Å²) in [6.07, 6.45) is -18.6. The van der Waals surface area contributed by atoms with Gasteiger partial charge in [-0.25, -0.2) is 0 Å². The van der Waals surface area contributed by atoms with Crippen LogP contribution in [0.25, 0.3) is 0 Å². The second-order valence-corrected chi connectivity index (χ2v) is 9.86. The highest BCUT2D eigenvalue weighted by atomic mass is 16.7. The van der Waals surface area contributed by atoms with Gasteiger partial charge in [-0.05, 0) is 0 Å². The first-order valence-corrected chi connectivity index (χ1v) is 12.5. The van der Waals surface area contributed by atoms with Crippen LogP contribution in [0.2, 0.25) is 0 Å². The lowest BCUT2D eigenvalue weighted by Gasteiger charge is -2.50. The van der Waals surface area contributed by atoms with Crippen molar-refractivity contribution in [3.05, 3.63) is 0 Å². The fourth-order valence-electron chi connectivity index (χ4n) is 4.68. The maximum atomic E-state index is 11.3. The maximum Gasteiger partial charge on any atom is 0.222 e. The van der Waals surface area contributed by atoms with Crippen LogP contribution in [0.15, 0.2) is 0 Å². The summed E-state index contributed by atoms with van der Waals surface area (Å²) in [5.41, 5.74) is 11.7. The molecule has 18 nitrogen and oxygen atoms in total. The lowest BCUT2D eigenvalue weighted by molar-refractivity contribution is -0.357. The van der Waals surface area contributed by atoms with Gasteiger partial charge in [-0.1, -0.05) is 6.92 Å². The molecule has 0 bridgehead atoms.